The van der Waals surface area contributed by atoms with Crippen LogP contribution in [0.4, 0.5) is 5.69 Å². The number of aromatic nitrogens is 3. The lowest BCUT2D eigenvalue weighted by atomic mass is 10.0. The fraction of sp³-hybridized carbons (Fsp3) is 0.320. The van der Waals surface area contributed by atoms with E-state index in [9.17, 15) is 0 Å². The van der Waals surface area contributed by atoms with E-state index in [0.29, 0.717) is 23.3 Å². The Morgan fingerprint density at radius 3 is 2.59 bits per heavy atom. The van der Waals surface area contributed by atoms with E-state index in [4.69, 9.17) is 19.2 Å². The molecule has 0 saturated carbocycles. The number of benzene rings is 2. The second kappa shape index (κ2) is 8.49. The molecule has 0 N–H and O–H groups in total. The molecule has 3 heterocycles. The van der Waals surface area contributed by atoms with Gasteiger partial charge in [0.2, 0.25) is 5.88 Å². The minimum atomic E-state index is 0.0389. The number of rotatable bonds is 6. The van der Waals surface area contributed by atoms with Crippen LogP contribution < -0.4 is 19.1 Å². The number of para-hydroxylation sites is 1. The highest BCUT2D eigenvalue weighted by Crippen LogP contribution is 2.37. The topological polar surface area (TPSA) is 69.6 Å². The van der Waals surface area contributed by atoms with Crippen molar-refractivity contribution in [2.45, 2.75) is 19.4 Å². The first-order valence-corrected chi connectivity index (χ1v) is 10.8. The van der Waals surface area contributed by atoms with Gasteiger partial charge in [-0.05, 0) is 24.6 Å². The van der Waals surface area contributed by atoms with Crippen molar-refractivity contribution < 1.29 is 14.2 Å². The van der Waals surface area contributed by atoms with Gasteiger partial charge in [0.15, 0.2) is 11.5 Å². The van der Waals surface area contributed by atoms with Crippen LogP contribution in [0.1, 0.15) is 13.3 Å². The van der Waals surface area contributed by atoms with E-state index in [2.05, 4.69) is 34.2 Å². The van der Waals surface area contributed by atoms with E-state index in [1.807, 2.05) is 42.6 Å². The summed E-state index contributed by atoms with van der Waals surface area (Å²) in [6.45, 7) is 3.83. The highest BCUT2D eigenvalue weighted by atomic mass is 16.5. The first-order chi connectivity index (χ1) is 15.7. The van der Waals surface area contributed by atoms with Gasteiger partial charge in [0.25, 0.3) is 0 Å². The summed E-state index contributed by atoms with van der Waals surface area (Å²) in [5.74, 6) is 2.36. The van der Waals surface area contributed by atoms with Crippen LogP contribution in [0.3, 0.4) is 0 Å². The Labute approximate surface area is 186 Å². The predicted octanol–water partition coefficient (Wildman–Crippen LogP) is 4.49. The number of pyridine rings is 1. The lowest BCUT2D eigenvalue weighted by Gasteiger charge is -2.20. The van der Waals surface area contributed by atoms with Crippen LogP contribution >= 0.6 is 0 Å². The van der Waals surface area contributed by atoms with Gasteiger partial charge in [0.1, 0.15) is 6.10 Å². The van der Waals surface area contributed by atoms with Gasteiger partial charge in [0, 0.05) is 35.4 Å². The largest absolute Gasteiger partial charge is 0.493 e. The Hall–Kier alpha value is -3.61. The van der Waals surface area contributed by atoms with Crippen LogP contribution in [-0.2, 0) is 0 Å². The molecule has 4 aromatic rings. The average Bonchev–Trinajstić information content (AvgIpc) is 3.25. The Kier molecular flexibility index (Phi) is 5.39. The van der Waals surface area contributed by atoms with Crippen molar-refractivity contribution in [1.82, 2.24) is 15.2 Å². The number of ether oxygens (including phenoxy) is 3. The van der Waals surface area contributed by atoms with E-state index in [1.54, 1.807) is 14.2 Å². The zero-order valence-corrected chi connectivity index (χ0v) is 18.5. The Morgan fingerprint density at radius 2 is 1.78 bits per heavy atom. The Bertz CT molecular complexity index is 1260. The number of anilines is 1. The second-order valence-corrected chi connectivity index (χ2v) is 8.03. The normalized spacial score (nSPS) is 18.3. The van der Waals surface area contributed by atoms with E-state index >= 15 is 0 Å². The van der Waals surface area contributed by atoms with Gasteiger partial charge >= 0.3 is 0 Å². The zero-order valence-electron chi connectivity index (χ0n) is 18.5. The van der Waals surface area contributed by atoms with E-state index in [1.165, 1.54) is 0 Å². The van der Waals surface area contributed by atoms with Crippen LogP contribution in [-0.4, -0.2) is 48.6 Å². The van der Waals surface area contributed by atoms with E-state index < -0.39 is 0 Å². The fourth-order valence-corrected chi connectivity index (χ4v) is 4.46. The number of hydrogen-bond acceptors (Lipinski definition) is 7. The molecule has 1 aliphatic heterocycles. The molecule has 1 aliphatic rings. The summed E-state index contributed by atoms with van der Waals surface area (Å²) in [5.41, 5.74) is 2.74. The summed E-state index contributed by atoms with van der Waals surface area (Å²) >= 11 is 0. The lowest BCUT2D eigenvalue weighted by molar-refractivity contribution is 0.165. The Morgan fingerprint density at radius 1 is 0.969 bits per heavy atom. The summed E-state index contributed by atoms with van der Waals surface area (Å²) in [6.07, 6.45) is 2.87. The molecule has 32 heavy (non-hydrogen) atoms. The van der Waals surface area contributed by atoms with Crippen LogP contribution in [0.15, 0.2) is 54.7 Å². The van der Waals surface area contributed by atoms with Crippen LogP contribution in [0.5, 0.6) is 17.4 Å². The molecule has 0 aliphatic carbocycles. The van der Waals surface area contributed by atoms with Gasteiger partial charge in [-0.3, -0.25) is 0 Å². The molecule has 0 amide bonds. The van der Waals surface area contributed by atoms with E-state index in [-0.39, 0.29) is 6.10 Å². The van der Waals surface area contributed by atoms with Crippen molar-refractivity contribution in [1.29, 1.82) is 0 Å². The molecule has 2 atom stereocenters. The molecule has 0 radical (unpaired) electrons. The molecule has 2 unspecified atom stereocenters. The maximum absolute atomic E-state index is 6.40. The fourth-order valence-electron chi connectivity index (χ4n) is 4.46. The second-order valence-electron chi connectivity index (χ2n) is 8.03. The number of nitrogens with zero attached hydrogens (tertiary/aromatic N) is 4. The molecule has 5 rings (SSSR count). The maximum atomic E-state index is 6.40. The molecule has 2 aromatic heterocycles. The summed E-state index contributed by atoms with van der Waals surface area (Å²) in [5, 5.41) is 10.6. The molecule has 0 bridgehead atoms. The van der Waals surface area contributed by atoms with Gasteiger partial charge < -0.3 is 19.1 Å². The van der Waals surface area contributed by atoms with Crippen molar-refractivity contribution in [3.8, 4) is 17.4 Å². The predicted molar refractivity (Wildman–Crippen MR) is 125 cm³/mol. The van der Waals surface area contributed by atoms with Gasteiger partial charge in [-0.15, -0.1) is 0 Å². The summed E-state index contributed by atoms with van der Waals surface area (Å²) in [4.78, 5) is 7.03. The highest BCUT2D eigenvalue weighted by molar-refractivity contribution is 5.93. The van der Waals surface area contributed by atoms with Crippen LogP contribution in [0, 0.1) is 5.92 Å². The first kappa shape index (κ1) is 20.3. The first-order valence-electron chi connectivity index (χ1n) is 10.8. The summed E-state index contributed by atoms with van der Waals surface area (Å²) < 4.78 is 17.3. The monoisotopic (exact) mass is 430 g/mol. The third kappa shape index (κ3) is 3.64. The van der Waals surface area contributed by atoms with Crippen molar-refractivity contribution in [2.24, 2.45) is 5.92 Å². The molecule has 1 saturated heterocycles. The molecular weight excluding hydrogens is 404 g/mol. The van der Waals surface area contributed by atoms with Crippen molar-refractivity contribution in [3.63, 3.8) is 0 Å². The lowest BCUT2D eigenvalue weighted by Crippen LogP contribution is -2.27. The van der Waals surface area contributed by atoms with Crippen LogP contribution in [0.2, 0.25) is 0 Å². The molecule has 7 nitrogen and oxygen atoms in total. The standard InChI is InChI=1S/C25H26N4O3/c1-4-16-14-29(15-24(16)32-25-10-9-17-7-5-6-8-19(17)27-25)21-13-26-28-20-12-23(31-3)22(30-2)11-18(20)21/h5-13,16,24H,4,14-15H2,1-3H3. The molecule has 164 valence electrons. The van der Waals surface area contributed by atoms with Gasteiger partial charge in [-0.25, -0.2) is 4.98 Å². The number of hydrogen-bond donors (Lipinski definition) is 0. The number of fused-ring (bicyclic) bond motifs is 2. The van der Waals surface area contributed by atoms with Gasteiger partial charge in [0.05, 0.1) is 43.7 Å². The third-order valence-electron chi connectivity index (χ3n) is 6.21. The maximum Gasteiger partial charge on any atom is 0.214 e. The van der Waals surface area contributed by atoms with Crippen molar-refractivity contribution in [3.05, 3.63) is 54.7 Å². The average molecular weight is 431 g/mol. The molecule has 0 spiro atoms. The van der Waals surface area contributed by atoms with Crippen molar-refractivity contribution in [2.75, 3.05) is 32.2 Å². The van der Waals surface area contributed by atoms with Crippen LogP contribution in [0.25, 0.3) is 21.8 Å². The quantitative estimate of drug-likeness (QED) is 0.446. The summed E-state index contributed by atoms with van der Waals surface area (Å²) in [6, 6.07) is 15.9. The van der Waals surface area contributed by atoms with Crippen molar-refractivity contribution >= 4 is 27.5 Å². The van der Waals surface area contributed by atoms with Gasteiger partial charge in [-0.1, -0.05) is 25.1 Å². The zero-order chi connectivity index (χ0) is 22.1. The minimum absolute atomic E-state index is 0.0389. The molecular formula is C25H26N4O3. The summed E-state index contributed by atoms with van der Waals surface area (Å²) in [7, 11) is 3.26. The van der Waals surface area contributed by atoms with Gasteiger partial charge in [-0.2, -0.15) is 10.2 Å². The molecule has 1 fully saturated rings. The SMILES string of the molecule is CCC1CN(c2cnnc3cc(OC)c(OC)cc23)CC1Oc1ccc2ccccc2n1. The molecule has 7 heteroatoms. The third-order valence-corrected chi connectivity index (χ3v) is 6.21. The molecule has 2 aromatic carbocycles. The smallest absolute Gasteiger partial charge is 0.214 e. The Balaban J connectivity index is 1.44. The minimum Gasteiger partial charge on any atom is -0.493 e. The van der Waals surface area contributed by atoms with E-state index in [0.717, 1.165) is 47.0 Å². The highest BCUT2D eigenvalue weighted by Gasteiger charge is 2.34. The number of methoxy groups -OCH3 is 2.